The van der Waals surface area contributed by atoms with Gasteiger partial charge in [0, 0.05) is 25.2 Å². The van der Waals surface area contributed by atoms with Crippen LogP contribution in [0.1, 0.15) is 20.3 Å². The number of carbonyl (C=O) groups is 1. The van der Waals surface area contributed by atoms with Crippen LogP contribution >= 0.6 is 11.8 Å². The molecule has 4 heteroatoms. The molecular formula is C11H22N2OS. The highest BCUT2D eigenvalue weighted by molar-refractivity contribution is 8.13. The van der Waals surface area contributed by atoms with Crippen molar-refractivity contribution >= 4 is 16.9 Å². The summed E-state index contributed by atoms with van der Waals surface area (Å²) in [6.07, 6.45) is 3.04. The molecule has 0 radical (unpaired) electrons. The van der Waals surface area contributed by atoms with Crippen LogP contribution in [0.3, 0.4) is 0 Å². The van der Waals surface area contributed by atoms with Gasteiger partial charge < -0.3 is 0 Å². The van der Waals surface area contributed by atoms with Crippen molar-refractivity contribution in [1.29, 1.82) is 0 Å². The van der Waals surface area contributed by atoms with E-state index < -0.39 is 0 Å². The van der Waals surface area contributed by atoms with Crippen molar-refractivity contribution in [3.05, 3.63) is 0 Å². The molecule has 0 N–H and O–H groups in total. The number of thioether (sulfide) groups is 1. The largest absolute Gasteiger partial charge is 0.299 e. The number of carbonyl (C=O) groups excluding carboxylic acids is 1. The fraction of sp³-hybridized carbons (Fsp3) is 0.909. The lowest BCUT2D eigenvalue weighted by molar-refractivity contribution is -0.112. The van der Waals surface area contributed by atoms with Crippen LogP contribution in [0.2, 0.25) is 0 Å². The van der Waals surface area contributed by atoms with Gasteiger partial charge in [0.2, 0.25) is 5.12 Å². The van der Waals surface area contributed by atoms with Gasteiger partial charge in [-0.2, -0.15) is 0 Å². The van der Waals surface area contributed by atoms with Gasteiger partial charge in [-0.05, 0) is 33.6 Å². The predicted molar refractivity (Wildman–Crippen MR) is 66.3 cm³/mol. The third-order valence-corrected chi connectivity index (χ3v) is 3.74. The fourth-order valence-corrected chi connectivity index (χ4v) is 2.33. The fourth-order valence-electron chi connectivity index (χ4n) is 1.99. The van der Waals surface area contributed by atoms with E-state index in [1.165, 1.54) is 24.7 Å². The summed E-state index contributed by atoms with van der Waals surface area (Å²) >= 11 is 1.32. The summed E-state index contributed by atoms with van der Waals surface area (Å²) in [4.78, 5) is 16.0. The lowest BCUT2D eigenvalue weighted by Crippen LogP contribution is -2.38. The zero-order valence-electron chi connectivity index (χ0n) is 10.2. The molecule has 1 aliphatic rings. The standard InChI is InChI=1S/C11H22N2OS/c1-9(2)13-6-5-10(7-13)12(3)8-11(14)15-4/h9-10H,5-8H2,1-4H3. The van der Waals surface area contributed by atoms with Gasteiger partial charge in [0.25, 0.3) is 0 Å². The van der Waals surface area contributed by atoms with Gasteiger partial charge in [-0.3, -0.25) is 14.6 Å². The Bertz CT molecular complexity index is 221. The molecule has 3 nitrogen and oxygen atoms in total. The summed E-state index contributed by atoms with van der Waals surface area (Å²) in [7, 11) is 2.06. The maximum Gasteiger partial charge on any atom is 0.202 e. The average molecular weight is 230 g/mol. The van der Waals surface area contributed by atoms with Gasteiger partial charge in [-0.1, -0.05) is 11.8 Å². The van der Waals surface area contributed by atoms with Crippen molar-refractivity contribution in [3.8, 4) is 0 Å². The van der Waals surface area contributed by atoms with Crippen molar-refractivity contribution < 1.29 is 4.79 Å². The second-order valence-corrected chi connectivity index (χ2v) is 5.39. The normalized spacial score (nSPS) is 22.9. The number of hydrogen-bond acceptors (Lipinski definition) is 4. The van der Waals surface area contributed by atoms with Crippen molar-refractivity contribution in [3.63, 3.8) is 0 Å². The topological polar surface area (TPSA) is 23.6 Å². The van der Waals surface area contributed by atoms with E-state index in [1.54, 1.807) is 0 Å². The molecule has 0 aliphatic carbocycles. The quantitative estimate of drug-likeness (QED) is 0.726. The van der Waals surface area contributed by atoms with Crippen LogP contribution in [0.4, 0.5) is 0 Å². The van der Waals surface area contributed by atoms with Crippen molar-refractivity contribution in [2.45, 2.75) is 32.4 Å². The van der Waals surface area contributed by atoms with Gasteiger partial charge in [0.05, 0.1) is 6.54 Å². The van der Waals surface area contributed by atoms with Gasteiger partial charge in [0.15, 0.2) is 0 Å². The number of nitrogens with zero attached hydrogens (tertiary/aromatic N) is 2. The Morgan fingerprint density at radius 3 is 2.73 bits per heavy atom. The van der Waals surface area contributed by atoms with E-state index in [4.69, 9.17) is 0 Å². The third-order valence-electron chi connectivity index (χ3n) is 3.15. The Morgan fingerprint density at radius 1 is 1.60 bits per heavy atom. The first-order valence-electron chi connectivity index (χ1n) is 5.55. The molecule has 0 aromatic rings. The molecule has 0 spiro atoms. The Hall–Kier alpha value is -0.0600. The van der Waals surface area contributed by atoms with Gasteiger partial charge in [-0.15, -0.1) is 0 Å². The average Bonchev–Trinajstić information content (AvgIpc) is 2.66. The monoisotopic (exact) mass is 230 g/mol. The maximum absolute atomic E-state index is 11.3. The van der Waals surface area contributed by atoms with Crippen LogP contribution in [0.15, 0.2) is 0 Å². The molecule has 1 saturated heterocycles. The zero-order chi connectivity index (χ0) is 11.4. The van der Waals surface area contributed by atoms with Crippen LogP contribution in [0, 0.1) is 0 Å². The Labute approximate surface area is 97.2 Å². The molecule has 1 fully saturated rings. The van der Waals surface area contributed by atoms with E-state index >= 15 is 0 Å². The summed E-state index contributed by atoms with van der Waals surface area (Å²) in [6.45, 7) is 7.32. The first kappa shape index (κ1) is 13.0. The maximum atomic E-state index is 11.3. The molecule has 1 rings (SSSR count). The lowest BCUT2D eigenvalue weighted by Gasteiger charge is -2.25. The van der Waals surface area contributed by atoms with E-state index in [1.807, 2.05) is 6.26 Å². The van der Waals surface area contributed by atoms with E-state index in [-0.39, 0.29) is 5.12 Å². The first-order chi connectivity index (χ1) is 7.04. The Morgan fingerprint density at radius 2 is 2.27 bits per heavy atom. The van der Waals surface area contributed by atoms with Gasteiger partial charge in [0.1, 0.15) is 0 Å². The van der Waals surface area contributed by atoms with Gasteiger partial charge in [-0.25, -0.2) is 0 Å². The molecule has 1 heterocycles. The molecule has 88 valence electrons. The molecule has 0 bridgehead atoms. The highest BCUT2D eigenvalue weighted by atomic mass is 32.2. The highest BCUT2D eigenvalue weighted by Gasteiger charge is 2.27. The second kappa shape index (κ2) is 5.87. The van der Waals surface area contributed by atoms with E-state index in [0.29, 0.717) is 18.6 Å². The minimum Gasteiger partial charge on any atom is -0.299 e. The number of likely N-dealkylation sites (tertiary alicyclic amines) is 1. The molecule has 0 saturated carbocycles. The molecule has 0 amide bonds. The summed E-state index contributed by atoms with van der Waals surface area (Å²) in [5.41, 5.74) is 0. The minimum atomic E-state index is 0.264. The molecule has 0 aromatic heterocycles. The van der Waals surface area contributed by atoms with Crippen LogP contribution < -0.4 is 0 Å². The molecule has 15 heavy (non-hydrogen) atoms. The molecular weight excluding hydrogens is 208 g/mol. The molecule has 1 atom stereocenters. The van der Waals surface area contributed by atoms with Crippen molar-refractivity contribution in [2.75, 3.05) is 32.9 Å². The van der Waals surface area contributed by atoms with E-state index in [9.17, 15) is 4.79 Å². The third kappa shape index (κ3) is 3.78. The summed E-state index contributed by atoms with van der Waals surface area (Å²) in [5, 5.41) is 0.264. The second-order valence-electron chi connectivity index (χ2n) is 4.52. The van der Waals surface area contributed by atoms with E-state index in [2.05, 4.69) is 30.7 Å². The van der Waals surface area contributed by atoms with Crippen LogP contribution in [-0.4, -0.2) is 59.9 Å². The predicted octanol–water partition coefficient (Wildman–Crippen LogP) is 1.29. The highest BCUT2D eigenvalue weighted by Crippen LogP contribution is 2.17. The smallest absolute Gasteiger partial charge is 0.202 e. The summed E-state index contributed by atoms with van der Waals surface area (Å²) in [5.74, 6) is 0. The van der Waals surface area contributed by atoms with Crippen LogP contribution in [0.5, 0.6) is 0 Å². The minimum absolute atomic E-state index is 0.264. The molecule has 0 aromatic carbocycles. The summed E-state index contributed by atoms with van der Waals surface area (Å²) in [6, 6.07) is 1.18. The molecule has 1 unspecified atom stereocenters. The first-order valence-corrected chi connectivity index (χ1v) is 6.78. The Balaban J connectivity index is 2.36. The summed E-state index contributed by atoms with van der Waals surface area (Å²) < 4.78 is 0. The van der Waals surface area contributed by atoms with Gasteiger partial charge >= 0.3 is 0 Å². The van der Waals surface area contributed by atoms with Crippen molar-refractivity contribution in [2.24, 2.45) is 0 Å². The molecule has 1 aliphatic heterocycles. The number of hydrogen-bond donors (Lipinski definition) is 0. The SMILES string of the molecule is CSC(=O)CN(C)C1CCN(C(C)C)C1. The zero-order valence-corrected chi connectivity index (χ0v) is 11.0. The van der Waals surface area contributed by atoms with Crippen LogP contribution in [-0.2, 0) is 4.79 Å². The number of rotatable bonds is 4. The van der Waals surface area contributed by atoms with Crippen molar-refractivity contribution in [1.82, 2.24) is 9.80 Å². The van der Waals surface area contributed by atoms with Crippen LogP contribution in [0.25, 0.3) is 0 Å². The number of likely N-dealkylation sites (N-methyl/N-ethyl adjacent to an activating group) is 1. The Kier molecular flexibility index (Phi) is 5.09. The lowest BCUT2D eigenvalue weighted by atomic mass is 10.2. The van der Waals surface area contributed by atoms with E-state index in [0.717, 1.165) is 6.54 Å².